The quantitative estimate of drug-likeness (QED) is 0.878. The highest BCUT2D eigenvalue weighted by atomic mass is 32.2. The first kappa shape index (κ1) is 15.3. The molecule has 1 unspecified atom stereocenters. The maximum Gasteiger partial charge on any atom is 0.241 e. The zero-order valence-corrected chi connectivity index (χ0v) is 13.5. The Hall–Kier alpha value is -1.07. The van der Waals surface area contributed by atoms with E-state index in [4.69, 9.17) is 0 Å². The lowest BCUT2D eigenvalue weighted by molar-refractivity contribution is 0.260. The molecule has 0 heterocycles. The lowest BCUT2D eigenvalue weighted by Gasteiger charge is -2.32. The Labute approximate surface area is 122 Å². The molecule has 2 rings (SSSR count). The molecule has 0 spiro atoms. The zero-order chi connectivity index (χ0) is 14.9. The summed E-state index contributed by atoms with van der Waals surface area (Å²) in [7, 11) is -1.61. The van der Waals surface area contributed by atoms with Crippen LogP contribution in [0.4, 0.5) is 5.69 Å². The average Bonchev–Trinajstić information content (AvgIpc) is 2.23. The van der Waals surface area contributed by atoms with Gasteiger partial charge in [-0.3, -0.25) is 0 Å². The predicted molar refractivity (Wildman–Crippen MR) is 82.6 cm³/mol. The molecule has 0 saturated heterocycles. The van der Waals surface area contributed by atoms with Crippen LogP contribution in [0.5, 0.6) is 0 Å². The minimum atomic E-state index is -3.44. The third-order valence-corrected chi connectivity index (χ3v) is 6.08. The van der Waals surface area contributed by atoms with Crippen molar-refractivity contribution in [2.45, 2.75) is 51.0 Å². The van der Waals surface area contributed by atoms with Gasteiger partial charge in [-0.05, 0) is 62.8 Å². The molecule has 2 N–H and O–H groups in total. The summed E-state index contributed by atoms with van der Waals surface area (Å²) in [5, 5.41) is 3.05. The molecule has 4 nitrogen and oxygen atoms in total. The van der Waals surface area contributed by atoms with Gasteiger partial charge in [0.1, 0.15) is 0 Å². The Balaban J connectivity index is 2.29. The van der Waals surface area contributed by atoms with E-state index in [0.717, 1.165) is 29.7 Å². The van der Waals surface area contributed by atoms with Gasteiger partial charge in [0.25, 0.3) is 0 Å². The third kappa shape index (κ3) is 2.99. The molecule has 1 aromatic carbocycles. The molecule has 0 amide bonds. The number of anilines is 1. The van der Waals surface area contributed by atoms with Crippen LogP contribution in [0.1, 0.15) is 37.3 Å². The van der Waals surface area contributed by atoms with Crippen LogP contribution < -0.4 is 10.0 Å². The second kappa shape index (κ2) is 5.74. The maximum absolute atomic E-state index is 12.6. The topological polar surface area (TPSA) is 58.2 Å². The van der Waals surface area contributed by atoms with Gasteiger partial charge in [0.15, 0.2) is 0 Å². The molecule has 0 aliphatic heterocycles. The lowest BCUT2D eigenvalue weighted by atomic mass is 9.81. The zero-order valence-electron chi connectivity index (χ0n) is 12.7. The highest BCUT2D eigenvalue weighted by molar-refractivity contribution is 7.89. The van der Waals surface area contributed by atoms with E-state index in [9.17, 15) is 8.42 Å². The Morgan fingerprint density at radius 1 is 1.20 bits per heavy atom. The van der Waals surface area contributed by atoms with Gasteiger partial charge in [0, 0.05) is 18.8 Å². The third-order valence-electron chi connectivity index (χ3n) is 4.22. The minimum absolute atomic E-state index is 0.0107. The number of rotatable bonds is 5. The maximum atomic E-state index is 12.6. The Morgan fingerprint density at radius 2 is 1.75 bits per heavy atom. The van der Waals surface area contributed by atoms with Crippen molar-refractivity contribution in [1.82, 2.24) is 4.72 Å². The Morgan fingerprint density at radius 3 is 2.15 bits per heavy atom. The number of benzene rings is 1. The molecule has 0 aromatic heterocycles. The summed E-state index contributed by atoms with van der Waals surface area (Å²) in [6, 6.07) is 3.75. The molecule has 0 bridgehead atoms. The molecule has 1 fully saturated rings. The van der Waals surface area contributed by atoms with E-state index in [2.05, 4.69) is 10.0 Å². The number of nitrogens with one attached hydrogen (secondary N) is 2. The summed E-state index contributed by atoms with van der Waals surface area (Å²) in [6.45, 7) is 5.65. The van der Waals surface area contributed by atoms with Gasteiger partial charge in [-0.1, -0.05) is 6.42 Å². The van der Waals surface area contributed by atoms with E-state index >= 15 is 0 Å². The number of hydrogen-bond donors (Lipinski definition) is 2. The fourth-order valence-electron chi connectivity index (χ4n) is 2.86. The molecule has 1 saturated carbocycles. The van der Waals surface area contributed by atoms with Gasteiger partial charge in [0.05, 0.1) is 4.90 Å². The second-order valence-corrected chi connectivity index (χ2v) is 7.44. The fourth-order valence-corrected chi connectivity index (χ4v) is 4.62. The number of aryl methyl sites for hydroxylation is 2. The Kier molecular flexibility index (Phi) is 4.39. The van der Waals surface area contributed by atoms with Crippen LogP contribution in [0.3, 0.4) is 0 Å². The van der Waals surface area contributed by atoms with Crippen molar-refractivity contribution in [3.8, 4) is 0 Å². The summed E-state index contributed by atoms with van der Waals surface area (Å²) in [6.07, 6.45) is 3.46. The van der Waals surface area contributed by atoms with Crippen molar-refractivity contribution in [2.24, 2.45) is 5.92 Å². The highest BCUT2D eigenvalue weighted by Gasteiger charge is 2.29. The first-order valence-corrected chi connectivity index (χ1v) is 8.65. The lowest BCUT2D eigenvalue weighted by Crippen LogP contribution is -2.41. The van der Waals surface area contributed by atoms with Crippen LogP contribution >= 0.6 is 0 Å². The summed E-state index contributed by atoms with van der Waals surface area (Å²) in [4.78, 5) is 0.419. The normalized spacial score (nSPS) is 17.6. The van der Waals surface area contributed by atoms with E-state index < -0.39 is 10.0 Å². The standard InChI is InChI=1S/C15H24N2O2S/c1-10-8-14(16-4)9-11(2)15(10)20(18,19)17-12(3)13-6-5-7-13/h8-9,12-13,16-17H,5-7H2,1-4H3. The molecule has 1 aromatic rings. The van der Waals surface area contributed by atoms with E-state index in [1.165, 1.54) is 6.42 Å². The molecular weight excluding hydrogens is 272 g/mol. The first-order chi connectivity index (χ1) is 9.35. The largest absolute Gasteiger partial charge is 0.388 e. The molecule has 1 atom stereocenters. The van der Waals surface area contributed by atoms with Crippen LogP contribution in [-0.4, -0.2) is 21.5 Å². The van der Waals surface area contributed by atoms with Gasteiger partial charge in [0.2, 0.25) is 10.0 Å². The van der Waals surface area contributed by atoms with E-state index in [1.54, 1.807) is 0 Å². The van der Waals surface area contributed by atoms with Crippen molar-refractivity contribution in [3.05, 3.63) is 23.3 Å². The van der Waals surface area contributed by atoms with E-state index in [1.807, 2.05) is 40.0 Å². The predicted octanol–water partition coefficient (Wildman–Crippen LogP) is 2.81. The molecule has 1 aliphatic carbocycles. The van der Waals surface area contributed by atoms with Crippen molar-refractivity contribution in [2.75, 3.05) is 12.4 Å². The molecule has 20 heavy (non-hydrogen) atoms. The van der Waals surface area contributed by atoms with Gasteiger partial charge in [-0.15, -0.1) is 0 Å². The van der Waals surface area contributed by atoms with Gasteiger partial charge >= 0.3 is 0 Å². The Bertz CT molecular complexity index is 569. The van der Waals surface area contributed by atoms with Crippen LogP contribution in [0, 0.1) is 19.8 Å². The number of sulfonamides is 1. The van der Waals surface area contributed by atoms with Crippen molar-refractivity contribution >= 4 is 15.7 Å². The van der Waals surface area contributed by atoms with Gasteiger partial charge in [-0.2, -0.15) is 0 Å². The van der Waals surface area contributed by atoms with Crippen LogP contribution in [0.2, 0.25) is 0 Å². The van der Waals surface area contributed by atoms with Crippen molar-refractivity contribution < 1.29 is 8.42 Å². The highest BCUT2D eigenvalue weighted by Crippen LogP contribution is 2.31. The first-order valence-electron chi connectivity index (χ1n) is 7.16. The van der Waals surface area contributed by atoms with E-state index in [0.29, 0.717) is 10.8 Å². The fraction of sp³-hybridized carbons (Fsp3) is 0.600. The SMILES string of the molecule is CNc1cc(C)c(S(=O)(=O)NC(C)C2CCC2)c(C)c1. The van der Waals surface area contributed by atoms with Crippen molar-refractivity contribution in [3.63, 3.8) is 0 Å². The molecule has 112 valence electrons. The summed E-state index contributed by atoms with van der Waals surface area (Å²) in [5.74, 6) is 0.488. The van der Waals surface area contributed by atoms with Crippen LogP contribution in [-0.2, 0) is 10.0 Å². The summed E-state index contributed by atoms with van der Waals surface area (Å²) < 4.78 is 28.0. The number of hydrogen-bond acceptors (Lipinski definition) is 3. The smallest absolute Gasteiger partial charge is 0.241 e. The monoisotopic (exact) mass is 296 g/mol. The molecule has 1 aliphatic rings. The average molecular weight is 296 g/mol. The van der Waals surface area contributed by atoms with Gasteiger partial charge < -0.3 is 5.32 Å². The summed E-state index contributed by atoms with van der Waals surface area (Å²) in [5.41, 5.74) is 2.50. The second-order valence-electron chi connectivity index (χ2n) is 5.79. The molecule has 0 radical (unpaired) electrons. The molecular formula is C15H24N2O2S. The minimum Gasteiger partial charge on any atom is -0.388 e. The van der Waals surface area contributed by atoms with Gasteiger partial charge in [-0.25, -0.2) is 13.1 Å². The molecule has 5 heteroatoms. The van der Waals surface area contributed by atoms with Crippen LogP contribution in [0.15, 0.2) is 17.0 Å². The van der Waals surface area contributed by atoms with E-state index in [-0.39, 0.29) is 6.04 Å². The van der Waals surface area contributed by atoms with Crippen LogP contribution in [0.25, 0.3) is 0 Å². The summed E-state index contributed by atoms with van der Waals surface area (Å²) >= 11 is 0. The van der Waals surface area contributed by atoms with Crippen molar-refractivity contribution in [1.29, 1.82) is 0 Å².